The van der Waals surface area contributed by atoms with E-state index in [-0.39, 0.29) is 28.7 Å². The van der Waals surface area contributed by atoms with Crippen molar-refractivity contribution >= 4 is 11.9 Å². The Kier molecular flexibility index (Phi) is 5.80. The number of hydrogen-bond acceptors (Lipinski definition) is 6. The van der Waals surface area contributed by atoms with Crippen LogP contribution >= 0.6 is 0 Å². The first-order valence-corrected chi connectivity index (χ1v) is 8.19. The molecule has 27 heavy (non-hydrogen) atoms. The van der Waals surface area contributed by atoms with E-state index in [4.69, 9.17) is 4.74 Å². The summed E-state index contributed by atoms with van der Waals surface area (Å²) in [7, 11) is 1.43. The van der Waals surface area contributed by atoms with E-state index >= 15 is 0 Å². The number of phenols is 4. The van der Waals surface area contributed by atoms with Gasteiger partial charge in [0.25, 0.3) is 0 Å². The van der Waals surface area contributed by atoms with Gasteiger partial charge in [-0.3, -0.25) is 4.79 Å². The molecule has 2 aromatic rings. The van der Waals surface area contributed by atoms with Gasteiger partial charge in [0, 0.05) is 23.6 Å². The molecule has 1 unspecified atom stereocenters. The summed E-state index contributed by atoms with van der Waals surface area (Å²) in [6.45, 7) is 7.64. The minimum absolute atomic E-state index is 0.00491. The monoisotopic (exact) mass is 370 g/mol. The van der Waals surface area contributed by atoms with E-state index in [0.29, 0.717) is 11.1 Å². The van der Waals surface area contributed by atoms with Gasteiger partial charge in [-0.05, 0) is 30.7 Å². The Labute approximate surface area is 157 Å². The Morgan fingerprint density at radius 3 is 2.22 bits per heavy atom. The maximum absolute atomic E-state index is 12.3. The van der Waals surface area contributed by atoms with Crippen molar-refractivity contribution in [2.45, 2.75) is 19.8 Å². The lowest BCUT2D eigenvalue weighted by molar-refractivity contribution is 0.104. The first-order chi connectivity index (χ1) is 12.6. The number of phenolic OH excluding ortho intramolecular Hbond substituents is 4. The number of methoxy groups -OCH3 is 1. The zero-order valence-corrected chi connectivity index (χ0v) is 15.4. The fourth-order valence-electron chi connectivity index (χ4n) is 2.60. The zero-order chi connectivity index (χ0) is 20.3. The largest absolute Gasteiger partial charge is 0.508 e. The Bertz CT molecular complexity index is 904. The van der Waals surface area contributed by atoms with Crippen LogP contribution in [0.3, 0.4) is 0 Å². The van der Waals surface area contributed by atoms with Crippen LogP contribution < -0.4 is 4.74 Å². The number of allylic oxidation sites excluding steroid dienone is 2. The van der Waals surface area contributed by atoms with E-state index in [1.165, 1.54) is 19.3 Å². The number of benzene rings is 2. The molecule has 0 amide bonds. The summed E-state index contributed by atoms with van der Waals surface area (Å²) in [5, 5.41) is 39.3. The molecule has 0 aliphatic heterocycles. The van der Waals surface area contributed by atoms with Crippen molar-refractivity contribution in [3.05, 3.63) is 59.2 Å². The molecule has 0 saturated heterocycles. The van der Waals surface area contributed by atoms with E-state index < -0.39 is 17.3 Å². The van der Waals surface area contributed by atoms with Crippen LogP contribution in [0.25, 0.3) is 6.08 Å². The minimum atomic E-state index is -0.647. The van der Waals surface area contributed by atoms with Crippen LogP contribution in [0, 0.1) is 0 Å². The van der Waals surface area contributed by atoms with Crippen LogP contribution in [0.1, 0.15) is 41.3 Å². The summed E-state index contributed by atoms with van der Waals surface area (Å²) in [6.07, 6.45) is 2.65. The Morgan fingerprint density at radius 2 is 1.70 bits per heavy atom. The quantitative estimate of drug-likeness (QED) is 0.347. The van der Waals surface area contributed by atoms with Crippen molar-refractivity contribution in [2.75, 3.05) is 7.11 Å². The van der Waals surface area contributed by atoms with E-state index in [9.17, 15) is 25.2 Å². The van der Waals surface area contributed by atoms with Crippen molar-refractivity contribution in [3.8, 4) is 28.7 Å². The molecule has 1 atom stereocenters. The van der Waals surface area contributed by atoms with Crippen LogP contribution in [0.2, 0.25) is 0 Å². The minimum Gasteiger partial charge on any atom is -0.508 e. The number of rotatable bonds is 6. The number of carbonyl (C=O) groups excluding carboxylic acids is 1. The second-order valence-corrected chi connectivity index (χ2v) is 6.29. The second-order valence-electron chi connectivity index (χ2n) is 6.29. The van der Waals surface area contributed by atoms with Crippen molar-refractivity contribution in [1.29, 1.82) is 0 Å². The molecule has 2 aromatic carbocycles. The normalized spacial score (nSPS) is 12.1. The van der Waals surface area contributed by atoms with Gasteiger partial charge in [-0.2, -0.15) is 0 Å². The molecule has 4 N–H and O–H groups in total. The first-order valence-electron chi connectivity index (χ1n) is 8.19. The zero-order valence-electron chi connectivity index (χ0n) is 15.4. The van der Waals surface area contributed by atoms with Gasteiger partial charge in [0.2, 0.25) is 0 Å². The number of hydrogen-bond donors (Lipinski definition) is 4. The first kappa shape index (κ1) is 19.9. The van der Waals surface area contributed by atoms with Crippen molar-refractivity contribution in [3.63, 3.8) is 0 Å². The summed E-state index contributed by atoms with van der Waals surface area (Å²) < 4.78 is 5.19. The van der Waals surface area contributed by atoms with E-state index in [2.05, 4.69) is 6.58 Å². The summed E-state index contributed by atoms with van der Waals surface area (Å²) in [5.74, 6) is -1.93. The van der Waals surface area contributed by atoms with Crippen LogP contribution in [0.4, 0.5) is 0 Å². The number of aromatic hydroxyl groups is 4. The van der Waals surface area contributed by atoms with Gasteiger partial charge < -0.3 is 25.2 Å². The maximum atomic E-state index is 12.3. The Morgan fingerprint density at radius 1 is 1.11 bits per heavy atom. The summed E-state index contributed by atoms with van der Waals surface area (Å²) in [5.41, 5.74) is 1.72. The Balaban J connectivity index is 2.43. The van der Waals surface area contributed by atoms with Gasteiger partial charge in [-0.25, -0.2) is 0 Å². The third-order valence-electron chi connectivity index (χ3n) is 4.31. The van der Waals surface area contributed by atoms with E-state index in [1.807, 2.05) is 13.8 Å². The smallest absolute Gasteiger partial charge is 0.193 e. The highest BCUT2D eigenvalue weighted by molar-refractivity contribution is 6.10. The van der Waals surface area contributed by atoms with Crippen LogP contribution in [0.5, 0.6) is 28.7 Å². The molecule has 0 spiro atoms. The molecule has 0 fully saturated rings. The summed E-state index contributed by atoms with van der Waals surface area (Å²) >= 11 is 0. The molecule has 0 bridgehead atoms. The van der Waals surface area contributed by atoms with Crippen molar-refractivity contribution in [2.24, 2.45) is 0 Å². The third kappa shape index (κ3) is 4.23. The lowest BCUT2D eigenvalue weighted by Gasteiger charge is -2.16. The van der Waals surface area contributed by atoms with Crippen molar-refractivity contribution in [1.82, 2.24) is 0 Å². The predicted octanol–water partition coefficient (Wildman–Crippen LogP) is 4.09. The SMILES string of the molecule is C=C(C)C(C)c1cc(/C=C/C(=O)c2c(O)cc(O)cc2O)cc(OC)c1O. The average Bonchev–Trinajstić information content (AvgIpc) is 2.59. The Hall–Kier alpha value is -3.41. The molecule has 0 heterocycles. The van der Waals surface area contributed by atoms with Gasteiger partial charge in [0.1, 0.15) is 22.8 Å². The maximum Gasteiger partial charge on any atom is 0.193 e. The fourth-order valence-corrected chi connectivity index (χ4v) is 2.60. The van der Waals surface area contributed by atoms with Crippen LogP contribution in [-0.4, -0.2) is 33.3 Å². The topological polar surface area (TPSA) is 107 Å². The molecule has 142 valence electrons. The highest BCUT2D eigenvalue weighted by Crippen LogP contribution is 2.38. The molecule has 0 saturated carbocycles. The number of ketones is 1. The van der Waals surface area contributed by atoms with Gasteiger partial charge in [0.15, 0.2) is 17.3 Å². The second kappa shape index (κ2) is 7.86. The molecule has 0 aliphatic carbocycles. The molecule has 0 aromatic heterocycles. The highest BCUT2D eigenvalue weighted by atomic mass is 16.5. The van der Waals surface area contributed by atoms with Gasteiger partial charge in [0.05, 0.1) is 7.11 Å². The fraction of sp³-hybridized carbons (Fsp3) is 0.190. The number of ether oxygens (including phenoxy) is 1. The van der Waals surface area contributed by atoms with Gasteiger partial charge in [-0.1, -0.05) is 25.2 Å². The molecular weight excluding hydrogens is 348 g/mol. The number of carbonyl (C=O) groups is 1. The summed E-state index contributed by atoms with van der Waals surface area (Å²) in [6, 6.07) is 5.20. The summed E-state index contributed by atoms with van der Waals surface area (Å²) in [4.78, 5) is 12.3. The van der Waals surface area contributed by atoms with Crippen LogP contribution in [-0.2, 0) is 0 Å². The molecule has 6 nitrogen and oxygen atoms in total. The highest BCUT2D eigenvalue weighted by Gasteiger charge is 2.18. The third-order valence-corrected chi connectivity index (χ3v) is 4.31. The standard InChI is InChI=1S/C21H22O6/c1-11(2)12(3)15-7-13(8-19(27-4)21(15)26)5-6-16(23)20-17(24)9-14(22)10-18(20)25/h5-10,12,22,24-26H,1H2,2-4H3/b6-5+. The lowest BCUT2D eigenvalue weighted by atomic mass is 9.92. The molecule has 0 aliphatic rings. The van der Waals surface area contributed by atoms with Gasteiger partial charge in [-0.15, -0.1) is 0 Å². The van der Waals surface area contributed by atoms with E-state index in [0.717, 1.165) is 17.7 Å². The molecule has 6 heteroatoms. The predicted molar refractivity (Wildman–Crippen MR) is 103 cm³/mol. The van der Waals surface area contributed by atoms with E-state index in [1.54, 1.807) is 12.1 Å². The van der Waals surface area contributed by atoms with Crippen LogP contribution in [0.15, 0.2) is 42.5 Å². The molecule has 2 rings (SSSR count). The average molecular weight is 370 g/mol. The molecular formula is C21H22O6. The van der Waals surface area contributed by atoms with Gasteiger partial charge >= 0.3 is 0 Å². The molecule has 0 radical (unpaired) electrons. The van der Waals surface area contributed by atoms with Crippen molar-refractivity contribution < 1.29 is 30.0 Å². The lowest BCUT2D eigenvalue weighted by Crippen LogP contribution is -1.98.